The topological polar surface area (TPSA) is 108 Å². The third-order valence-corrected chi connectivity index (χ3v) is 6.33. The Hall–Kier alpha value is -3.93. The number of carbonyl (C=O) groups excluding carboxylic acids is 1. The van der Waals surface area contributed by atoms with E-state index in [0.717, 1.165) is 42.1 Å². The number of amides is 2. The number of carbonyl (C=O) groups is 1. The predicted molar refractivity (Wildman–Crippen MR) is 135 cm³/mol. The van der Waals surface area contributed by atoms with Gasteiger partial charge in [0.05, 0.1) is 38.0 Å². The number of morpholine rings is 1. The van der Waals surface area contributed by atoms with E-state index in [4.69, 9.17) is 14.7 Å². The summed E-state index contributed by atoms with van der Waals surface area (Å²) in [4.78, 5) is 35.0. The van der Waals surface area contributed by atoms with E-state index in [0.29, 0.717) is 37.2 Å². The number of nitrogens with zero attached hydrogens (tertiary/aromatic N) is 6. The summed E-state index contributed by atoms with van der Waals surface area (Å²) in [7, 11) is 0. The number of rotatable bonds is 6. The summed E-state index contributed by atoms with van der Waals surface area (Å²) in [6.45, 7) is 4.73. The Morgan fingerprint density at radius 2 is 1.95 bits per heavy atom. The predicted octanol–water partition coefficient (Wildman–Crippen LogP) is 3.11. The largest absolute Gasteiger partial charge is 0.377 e. The van der Waals surface area contributed by atoms with Crippen molar-refractivity contribution >= 4 is 23.5 Å². The number of hydrogen-bond donors (Lipinski definition) is 2. The first kappa shape index (κ1) is 24.8. The molecule has 2 aromatic heterocycles. The van der Waals surface area contributed by atoms with Gasteiger partial charge in [-0.05, 0) is 37.3 Å². The number of hydrogen-bond acceptors (Lipinski definition) is 8. The highest BCUT2D eigenvalue weighted by Crippen LogP contribution is 2.32. The van der Waals surface area contributed by atoms with E-state index in [-0.39, 0.29) is 6.04 Å². The number of alkyl halides is 2. The van der Waals surface area contributed by atoms with Crippen LogP contribution in [0.15, 0.2) is 42.7 Å². The molecular formula is C25H28F2N8O2. The molecular weight excluding hydrogens is 482 g/mol. The van der Waals surface area contributed by atoms with Gasteiger partial charge in [-0.2, -0.15) is 0 Å². The van der Waals surface area contributed by atoms with Crippen molar-refractivity contribution in [3.05, 3.63) is 54.0 Å². The third kappa shape index (κ3) is 5.74. The van der Waals surface area contributed by atoms with Gasteiger partial charge in [-0.25, -0.2) is 33.5 Å². The Balaban J connectivity index is 1.43. The van der Waals surface area contributed by atoms with Gasteiger partial charge >= 0.3 is 6.03 Å². The molecule has 37 heavy (non-hydrogen) atoms. The molecule has 2 aliphatic rings. The van der Waals surface area contributed by atoms with Crippen molar-refractivity contribution in [2.75, 3.05) is 48.0 Å². The maximum absolute atomic E-state index is 12.3. The molecule has 194 valence electrons. The van der Waals surface area contributed by atoms with Crippen LogP contribution in [0.3, 0.4) is 0 Å². The Bertz CT molecular complexity index is 1230. The molecule has 12 heteroatoms. The van der Waals surface area contributed by atoms with Crippen LogP contribution >= 0.6 is 0 Å². The highest BCUT2D eigenvalue weighted by Gasteiger charge is 2.30. The van der Waals surface area contributed by atoms with Crippen molar-refractivity contribution < 1.29 is 18.3 Å². The second kappa shape index (κ2) is 11.0. The molecule has 1 aromatic carbocycles. The van der Waals surface area contributed by atoms with Gasteiger partial charge in [0.1, 0.15) is 5.82 Å². The van der Waals surface area contributed by atoms with E-state index in [1.165, 1.54) is 0 Å². The zero-order valence-corrected chi connectivity index (χ0v) is 20.4. The van der Waals surface area contributed by atoms with Crippen molar-refractivity contribution in [2.45, 2.75) is 32.4 Å². The lowest BCUT2D eigenvalue weighted by atomic mass is 10.0. The van der Waals surface area contributed by atoms with E-state index >= 15 is 0 Å². The molecule has 3 aromatic rings. The Morgan fingerprint density at radius 1 is 1.16 bits per heavy atom. The van der Waals surface area contributed by atoms with Crippen LogP contribution in [0.2, 0.25) is 0 Å². The van der Waals surface area contributed by atoms with Crippen molar-refractivity contribution in [1.29, 1.82) is 0 Å². The van der Waals surface area contributed by atoms with Gasteiger partial charge in [0, 0.05) is 48.7 Å². The van der Waals surface area contributed by atoms with E-state index in [1.54, 1.807) is 30.6 Å². The maximum Gasteiger partial charge on any atom is 0.319 e. The Kier molecular flexibility index (Phi) is 7.35. The fourth-order valence-electron chi connectivity index (χ4n) is 4.48. The minimum atomic E-state index is -2.61. The van der Waals surface area contributed by atoms with Crippen LogP contribution in [0.5, 0.6) is 0 Å². The van der Waals surface area contributed by atoms with Crippen LogP contribution in [0.1, 0.15) is 18.2 Å². The third-order valence-electron chi connectivity index (χ3n) is 6.33. The minimum absolute atomic E-state index is 0.155. The summed E-state index contributed by atoms with van der Waals surface area (Å²) in [6.07, 6.45) is 1.59. The molecule has 1 saturated heterocycles. The number of halogens is 2. The molecule has 0 saturated carbocycles. The number of benzene rings is 1. The van der Waals surface area contributed by atoms with Gasteiger partial charge in [-0.15, -0.1) is 0 Å². The average molecular weight is 511 g/mol. The fourth-order valence-corrected chi connectivity index (χ4v) is 4.48. The molecule has 10 nitrogen and oxygen atoms in total. The van der Waals surface area contributed by atoms with Crippen LogP contribution in [0.4, 0.5) is 31.0 Å². The first-order valence-corrected chi connectivity index (χ1v) is 12.2. The summed E-state index contributed by atoms with van der Waals surface area (Å²) in [5.74, 6) is 2.15. The van der Waals surface area contributed by atoms with Crippen LogP contribution in [0, 0.1) is 0 Å². The van der Waals surface area contributed by atoms with Crippen LogP contribution in [-0.4, -0.2) is 71.3 Å². The van der Waals surface area contributed by atoms with Gasteiger partial charge in [0.25, 0.3) is 6.43 Å². The molecule has 0 radical (unpaired) electrons. The Labute approximate surface area is 213 Å². The maximum atomic E-state index is 12.3. The molecule has 2 N–H and O–H groups in total. The van der Waals surface area contributed by atoms with Gasteiger partial charge in [-0.1, -0.05) is 0 Å². The molecule has 1 atom stereocenters. The zero-order valence-electron chi connectivity index (χ0n) is 20.4. The van der Waals surface area contributed by atoms with E-state index in [2.05, 4.69) is 37.3 Å². The zero-order chi connectivity index (χ0) is 25.8. The number of nitrogens with one attached hydrogen (secondary N) is 2. The van der Waals surface area contributed by atoms with Crippen LogP contribution in [-0.2, 0) is 17.7 Å². The Morgan fingerprint density at radius 3 is 2.68 bits per heavy atom. The molecule has 0 aliphatic carbocycles. The SMILES string of the molecule is CC1COCCN1c1nc(-c2ccc(NC(=O)NCC(F)F)cc2)nc2c1CN(c1ncccn1)CC2. The van der Waals surface area contributed by atoms with Gasteiger partial charge in [0.15, 0.2) is 5.82 Å². The molecule has 0 bridgehead atoms. The molecule has 2 aliphatic heterocycles. The lowest BCUT2D eigenvalue weighted by molar-refractivity contribution is 0.0984. The smallest absolute Gasteiger partial charge is 0.319 e. The molecule has 5 rings (SSSR count). The second-order valence-electron chi connectivity index (χ2n) is 8.94. The van der Waals surface area contributed by atoms with Crippen molar-refractivity contribution in [3.63, 3.8) is 0 Å². The normalized spacial score (nSPS) is 17.5. The highest BCUT2D eigenvalue weighted by atomic mass is 19.3. The molecule has 1 fully saturated rings. The summed E-state index contributed by atoms with van der Waals surface area (Å²) in [5, 5.41) is 4.67. The van der Waals surface area contributed by atoms with Gasteiger partial charge < -0.3 is 25.2 Å². The van der Waals surface area contributed by atoms with Crippen molar-refractivity contribution in [2.24, 2.45) is 0 Å². The summed E-state index contributed by atoms with van der Waals surface area (Å²) >= 11 is 0. The molecule has 0 spiro atoms. The van der Waals surface area contributed by atoms with Gasteiger partial charge in [0.2, 0.25) is 5.95 Å². The van der Waals surface area contributed by atoms with E-state index in [1.807, 2.05) is 12.1 Å². The quantitative estimate of drug-likeness (QED) is 0.521. The lowest BCUT2D eigenvalue weighted by Gasteiger charge is -2.38. The second-order valence-corrected chi connectivity index (χ2v) is 8.94. The molecule has 1 unspecified atom stereocenters. The van der Waals surface area contributed by atoms with E-state index < -0.39 is 19.0 Å². The van der Waals surface area contributed by atoms with Crippen molar-refractivity contribution in [3.8, 4) is 11.4 Å². The standard InChI is InChI=1S/C25H28F2N8O2/c1-16-15-37-12-11-35(16)23-19-14-34(24-28-8-2-9-29-24)10-7-20(19)32-22(33-23)17-3-5-18(6-4-17)31-25(36)30-13-21(26)27/h2-6,8-9,16,21H,7,10-15H2,1H3,(H2,30,31,36). The molecule has 2 amide bonds. The fraction of sp³-hybridized carbons (Fsp3) is 0.400. The van der Waals surface area contributed by atoms with Crippen LogP contribution < -0.4 is 20.4 Å². The monoisotopic (exact) mass is 510 g/mol. The highest BCUT2D eigenvalue weighted by molar-refractivity contribution is 5.89. The van der Waals surface area contributed by atoms with Crippen LogP contribution in [0.25, 0.3) is 11.4 Å². The number of fused-ring (bicyclic) bond motifs is 1. The number of aromatic nitrogens is 4. The molecule has 4 heterocycles. The van der Waals surface area contributed by atoms with Gasteiger partial charge in [-0.3, -0.25) is 0 Å². The number of ether oxygens (including phenoxy) is 1. The number of anilines is 3. The summed E-state index contributed by atoms with van der Waals surface area (Å²) in [5.41, 5.74) is 3.32. The first-order chi connectivity index (χ1) is 18.0. The van der Waals surface area contributed by atoms with Crippen molar-refractivity contribution in [1.82, 2.24) is 25.3 Å². The lowest BCUT2D eigenvalue weighted by Crippen LogP contribution is -2.45. The number of urea groups is 1. The summed E-state index contributed by atoms with van der Waals surface area (Å²) < 4.78 is 30.3. The average Bonchev–Trinajstić information content (AvgIpc) is 2.92. The van der Waals surface area contributed by atoms with E-state index in [9.17, 15) is 13.6 Å². The minimum Gasteiger partial charge on any atom is -0.377 e. The first-order valence-electron chi connectivity index (χ1n) is 12.2. The summed E-state index contributed by atoms with van der Waals surface area (Å²) in [6, 6.07) is 8.29.